The standard InChI is InChI=1S/C11H18N2O3S/c1-8(6-16-3)5-13-9(2)4-12-11(13)17-7-10(14)15/h4,8H,5-7H2,1-3H3,(H,14,15). The van der Waals surface area contributed by atoms with E-state index in [4.69, 9.17) is 9.84 Å². The molecule has 1 aromatic heterocycles. The largest absolute Gasteiger partial charge is 0.481 e. The highest BCUT2D eigenvalue weighted by molar-refractivity contribution is 7.99. The molecule has 1 heterocycles. The van der Waals surface area contributed by atoms with Crippen molar-refractivity contribution in [3.05, 3.63) is 11.9 Å². The predicted molar refractivity (Wildman–Crippen MR) is 66.4 cm³/mol. The van der Waals surface area contributed by atoms with Gasteiger partial charge in [-0.25, -0.2) is 4.98 Å². The molecule has 5 nitrogen and oxygen atoms in total. The first-order chi connectivity index (χ1) is 8.04. The van der Waals surface area contributed by atoms with E-state index in [-0.39, 0.29) is 5.75 Å². The van der Waals surface area contributed by atoms with Crippen molar-refractivity contribution < 1.29 is 14.6 Å². The second-order valence-corrected chi connectivity index (χ2v) is 4.98. The van der Waals surface area contributed by atoms with Crippen LogP contribution in [0.25, 0.3) is 0 Å². The highest BCUT2D eigenvalue weighted by atomic mass is 32.2. The number of nitrogens with zero attached hydrogens (tertiary/aromatic N) is 2. The minimum absolute atomic E-state index is 0.0368. The molecule has 1 rings (SSSR count). The first-order valence-corrected chi connectivity index (χ1v) is 6.38. The number of hydrogen-bond donors (Lipinski definition) is 1. The number of ether oxygens (including phenoxy) is 1. The molecule has 0 saturated heterocycles. The Kier molecular flexibility index (Phi) is 5.50. The van der Waals surface area contributed by atoms with Crippen molar-refractivity contribution >= 4 is 17.7 Å². The molecule has 0 fully saturated rings. The Hall–Kier alpha value is -1.01. The fraction of sp³-hybridized carbons (Fsp3) is 0.636. The molecule has 0 amide bonds. The molecule has 0 spiro atoms. The monoisotopic (exact) mass is 258 g/mol. The van der Waals surface area contributed by atoms with Crippen LogP contribution in [-0.4, -0.2) is 40.1 Å². The van der Waals surface area contributed by atoms with Crippen LogP contribution in [0.1, 0.15) is 12.6 Å². The predicted octanol–water partition coefficient (Wildman–Crippen LogP) is 1.65. The number of carboxylic acid groups (broad SMARTS) is 1. The molecular weight excluding hydrogens is 240 g/mol. The Morgan fingerprint density at radius 2 is 2.41 bits per heavy atom. The second-order valence-electron chi connectivity index (χ2n) is 4.04. The Morgan fingerprint density at radius 1 is 1.71 bits per heavy atom. The van der Waals surface area contributed by atoms with Crippen LogP contribution >= 0.6 is 11.8 Å². The molecule has 0 aliphatic carbocycles. The lowest BCUT2D eigenvalue weighted by Gasteiger charge is -2.14. The first kappa shape index (κ1) is 14.1. The first-order valence-electron chi connectivity index (χ1n) is 5.40. The summed E-state index contributed by atoms with van der Waals surface area (Å²) < 4.78 is 7.13. The summed E-state index contributed by atoms with van der Waals surface area (Å²) in [5.74, 6) is -0.418. The van der Waals surface area contributed by atoms with Gasteiger partial charge in [-0.1, -0.05) is 18.7 Å². The fourth-order valence-corrected chi connectivity index (χ4v) is 2.31. The number of methoxy groups -OCH3 is 1. The number of rotatable bonds is 7. The van der Waals surface area contributed by atoms with Crippen LogP contribution in [0.5, 0.6) is 0 Å². The number of hydrogen-bond acceptors (Lipinski definition) is 4. The molecule has 1 N–H and O–H groups in total. The Morgan fingerprint density at radius 3 is 3.00 bits per heavy atom. The van der Waals surface area contributed by atoms with Gasteiger partial charge in [0.2, 0.25) is 0 Å². The Labute approximate surface area is 105 Å². The molecule has 0 bridgehead atoms. The average Bonchev–Trinajstić information content (AvgIpc) is 2.58. The van der Waals surface area contributed by atoms with E-state index in [0.717, 1.165) is 17.4 Å². The van der Waals surface area contributed by atoms with E-state index in [1.54, 1.807) is 13.3 Å². The van der Waals surface area contributed by atoms with Crippen LogP contribution in [0.3, 0.4) is 0 Å². The Bertz CT molecular complexity index is 379. The summed E-state index contributed by atoms with van der Waals surface area (Å²) in [5, 5.41) is 9.42. The van der Waals surface area contributed by atoms with Crippen molar-refractivity contribution in [3.8, 4) is 0 Å². The van der Waals surface area contributed by atoms with E-state index in [1.165, 1.54) is 11.8 Å². The lowest BCUT2D eigenvalue weighted by molar-refractivity contribution is -0.133. The van der Waals surface area contributed by atoms with Crippen LogP contribution in [-0.2, 0) is 16.1 Å². The van der Waals surface area contributed by atoms with E-state index in [9.17, 15) is 4.79 Å². The minimum Gasteiger partial charge on any atom is -0.481 e. The van der Waals surface area contributed by atoms with Gasteiger partial charge in [-0.05, 0) is 12.8 Å². The van der Waals surface area contributed by atoms with Gasteiger partial charge >= 0.3 is 5.97 Å². The van der Waals surface area contributed by atoms with Crippen molar-refractivity contribution in [3.63, 3.8) is 0 Å². The summed E-state index contributed by atoms with van der Waals surface area (Å²) in [7, 11) is 1.68. The maximum absolute atomic E-state index is 10.5. The zero-order chi connectivity index (χ0) is 12.8. The van der Waals surface area contributed by atoms with Crippen LogP contribution in [0.4, 0.5) is 0 Å². The number of aliphatic carboxylic acids is 1. The van der Waals surface area contributed by atoms with Gasteiger partial charge in [0, 0.05) is 25.5 Å². The number of aromatic nitrogens is 2. The SMILES string of the molecule is COCC(C)Cn1c(C)cnc1SCC(=O)O. The highest BCUT2D eigenvalue weighted by Gasteiger charge is 2.12. The molecule has 1 unspecified atom stereocenters. The maximum atomic E-state index is 10.5. The normalized spacial score (nSPS) is 12.6. The molecule has 1 atom stereocenters. The number of aryl methyl sites for hydroxylation is 1. The van der Waals surface area contributed by atoms with Gasteiger partial charge in [-0.2, -0.15) is 0 Å². The van der Waals surface area contributed by atoms with Crippen molar-refractivity contribution in [1.82, 2.24) is 9.55 Å². The molecule has 17 heavy (non-hydrogen) atoms. The van der Waals surface area contributed by atoms with Crippen molar-refractivity contribution in [2.45, 2.75) is 25.5 Å². The summed E-state index contributed by atoms with van der Waals surface area (Å²) >= 11 is 1.25. The smallest absolute Gasteiger partial charge is 0.313 e. The zero-order valence-electron chi connectivity index (χ0n) is 10.3. The van der Waals surface area contributed by atoms with Gasteiger partial charge in [0.1, 0.15) is 0 Å². The maximum Gasteiger partial charge on any atom is 0.313 e. The van der Waals surface area contributed by atoms with E-state index < -0.39 is 5.97 Å². The highest BCUT2D eigenvalue weighted by Crippen LogP contribution is 2.19. The van der Waals surface area contributed by atoms with Crippen molar-refractivity contribution in [2.75, 3.05) is 19.5 Å². The van der Waals surface area contributed by atoms with Crippen molar-refractivity contribution in [2.24, 2.45) is 5.92 Å². The molecular formula is C11H18N2O3S. The molecule has 0 aliphatic rings. The third-order valence-electron chi connectivity index (χ3n) is 2.29. The molecule has 96 valence electrons. The summed E-state index contributed by atoms with van der Waals surface area (Å²) in [5.41, 5.74) is 1.04. The third kappa shape index (κ3) is 4.40. The zero-order valence-corrected chi connectivity index (χ0v) is 11.2. The fourth-order valence-electron chi connectivity index (χ4n) is 1.55. The van der Waals surface area contributed by atoms with Gasteiger partial charge in [-0.3, -0.25) is 4.79 Å². The number of imidazole rings is 1. The van der Waals surface area contributed by atoms with Crippen molar-refractivity contribution in [1.29, 1.82) is 0 Å². The molecule has 1 aromatic rings. The third-order valence-corrected chi connectivity index (χ3v) is 3.26. The average molecular weight is 258 g/mol. The van der Waals surface area contributed by atoms with Crippen LogP contribution in [0.15, 0.2) is 11.4 Å². The van der Waals surface area contributed by atoms with Gasteiger partial charge in [0.15, 0.2) is 5.16 Å². The molecule has 6 heteroatoms. The van der Waals surface area contributed by atoms with Gasteiger partial charge < -0.3 is 14.4 Å². The summed E-state index contributed by atoms with van der Waals surface area (Å²) in [6.45, 7) is 5.54. The van der Waals surface area contributed by atoms with Gasteiger partial charge in [0.25, 0.3) is 0 Å². The van der Waals surface area contributed by atoms with E-state index >= 15 is 0 Å². The second kappa shape index (κ2) is 6.66. The molecule has 0 aromatic carbocycles. The lowest BCUT2D eigenvalue weighted by Crippen LogP contribution is -2.14. The topological polar surface area (TPSA) is 64.4 Å². The summed E-state index contributed by atoms with van der Waals surface area (Å²) in [4.78, 5) is 14.8. The van der Waals surface area contributed by atoms with E-state index in [0.29, 0.717) is 12.5 Å². The summed E-state index contributed by atoms with van der Waals surface area (Å²) in [6, 6.07) is 0. The van der Waals surface area contributed by atoms with Crippen LogP contribution in [0.2, 0.25) is 0 Å². The number of thioether (sulfide) groups is 1. The lowest BCUT2D eigenvalue weighted by atomic mass is 10.2. The van der Waals surface area contributed by atoms with Crippen LogP contribution in [0, 0.1) is 12.8 Å². The summed E-state index contributed by atoms with van der Waals surface area (Å²) in [6.07, 6.45) is 1.77. The Balaban J connectivity index is 2.68. The van der Waals surface area contributed by atoms with Gasteiger partial charge in [0.05, 0.1) is 12.4 Å². The number of carbonyl (C=O) groups is 1. The minimum atomic E-state index is -0.827. The van der Waals surface area contributed by atoms with Crippen LogP contribution < -0.4 is 0 Å². The molecule has 0 aliphatic heterocycles. The van der Waals surface area contributed by atoms with E-state index in [1.807, 2.05) is 11.5 Å². The van der Waals surface area contributed by atoms with Gasteiger partial charge in [-0.15, -0.1) is 0 Å². The molecule has 0 saturated carbocycles. The molecule has 0 radical (unpaired) electrons. The van der Waals surface area contributed by atoms with E-state index in [2.05, 4.69) is 11.9 Å². The quantitative estimate of drug-likeness (QED) is 0.753. The number of carboxylic acids is 1.